The number of ether oxygens (including phenoxy) is 1. The van der Waals surface area contributed by atoms with Gasteiger partial charge in [-0.15, -0.1) is 11.3 Å². The predicted molar refractivity (Wildman–Crippen MR) is 101 cm³/mol. The number of thiazole rings is 1. The van der Waals surface area contributed by atoms with Gasteiger partial charge in [-0.05, 0) is 24.6 Å². The third kappa shape index (κ3) is 5.93. The topological polar surface area (TPSA) is 49.8 Å². The van der Waals surface area contributed by atoms with Crippen molar-refractivity contribution in [2.75, 3.05) is 21.2 Å². The predicted octanol–water partition coefficient (Wildman–Crippen LogP) is 4.08. The van der Waals surface area contributed by atoms with Crippen molar-refractivity contribution in [1.82, 2.24) is 15.2 Å². The van der Waals surface area contributed by atoms with Crippen LogP contribution in [0.5, 0.6) is 0 Å². The third-order valence-electron chi connectivity index (χ3n) is 3.98. The molecule has 2 aromatic rings. The van der Waals surface area contributed by atoms with Gasteiger partial charge in [-0.3, -0.25) is 4.99 Å². The maximum atomic E-state index is 12.6. The van der Waals surface area contributed by atoms with Crippen molar-refractivity contribution in [1.29, 1.82) is 0 Å². The summed E-state index contributed by atoms with van der Waals surface area (Å²) in [6, 6.07) is 5.08. The zero-order valence-corrected chi connectivity index (χ0v) is 16.5. The number of rotatable bonds is 6. The van der Waals surface area contributed by atoms with E-state index in [9.17, 15) is 13.2 Å². The van der Waals surface area contributed by atoms with Gasteiger partial charge in [0.05, 0.1) is 17.8 Å². The summed E-state index contributed by atoms with van der Waals surface area (Å²) < 4.78 is 43.1. The van der Waals surface area contributed by atoms with Crippen LogP contribution in [-0.2, 0) is 24.0 Å². The van der Waals surface area contributed by atoms with Gasteiger partial charge in [-0.25, -0.2) is 4.98 Å². The van der Waals surface area contributed by atoms with Crippen LogP contribution in [0.15, 0.2) is 34.6 Å². The van der Waals surface area contributed by atoms with Gasteiger partial charge in [0.15, 0.2) is 5.96 Å². The van der Waals surface area contributed by atoms with Crippen LogP contribution in [0.2, 0.25) is 0 Å². The summed E-state index contributed by atoms with van der Waals surface area (Å²) in [6.45, 7) is 2.87. The second-order valence-corrected chi connectivity index (χ2v) is 6.90. The molecule has 9 heteroatoms. The summed E-state index contributed by atoms with van der Waals surface area (Å²) in [4.78, 5) is 10.7. The number of nitrogens with one attached hydrogen (secondary N) is 1. The molecule has 0 spiro atoms. The Morgan fingerprint density at radius 2 is 2.00 bits per heavy atom. The lowest BCUT2D eigenvalue weighted by atomic mass is 10.1. The van der Waals surface area contributed by atoms with E-state index in [1.54, 1.807) is 25.5 Å². The maximum absolute atomic E-state index is 12.6. The molecule has 148 valence electrons. The average Bonchev–Trinajstić information content (AvgIpc) is 3.09. The van der Waals surface area contributed by atoms with Crippen LogP contribution in [0.3, 0.4) is 0 Å². The summed E-state index contributed by atoms with van der Waals surface area (Å²) >= 11 is 1.54. The Kier molecular flexibility index (Phi) is 7.20. The highest BCUT2D eigenvalue weighted by Gasteiger charge is 2.29. The number of aromatic nitrogens is 1. The minimum atomic E-state index is -4.32. The Morgan fingerprint density at radius 1 is 1.33 bits per heavy atom. The van der Waals surface area contributed by atoms with Crippen LogP contribution in [-0.4, -0.2) is 37.0 Å². The van der Waals surface area contributed by atoms with Crippen LogP contribution >= 0.6 is 11.3 Å². The van der Waals surface area contributed by atoms with Crippen LogP contribution < -0.4 is 5.32 Å². The summed E-state index contributed by atoms with van der Waals surface area (Å²) in [5.74, 6) is 0.629. The van der Waals surface area contributed by atoms with E-state index < -0.39 is 11.7 Å². The molecule has 1 N–H and O–H groups in total. The number of hydrogen-bond donors (Lipinski definition) is 1. The molecular weight excluding hydrogens is 377 g/mol. The molecule has 0 fully saturated rings. The highest BCUT2D eigenvalue weighted by molar-refractivity contribution is 7.09. The number of halogens is 3. The fourth-order valence-corrected chi connectivity index (χ4v) is 3.22. The molecule has 0 saturated heterocycles. The molecule has 0 radical (unpaired) electrons. The molecule has 2 rings (SSSR count). The lowest BCUT2D eigenvalue weighted by Crippen LogP contribution is -2.38. The van der Waals surface area contributed by atoms with Crippen molar-refractivity contribution in [3.63, 3.8) is 0 Å². The Labute approximate surface area is 160 Å². The Hall–Kier alpha value is -2.13. The van der Waals surface area contributed by atoms with Gasteiger partial charge in [0.2, 0.25) is 0 Å². The molecule has 1 atom stereocenters. The summed E-state index contributed by atoms with van der Waals surface area (Å²) in [5.41, 5.74) is 0.985. The number of hydrogen-bond acceptors (Lipinski definition) is 4. The standard InChI is InChI=1S/C18H23F3N4OS/c1-12(26-4)16-24-15(11-27-16)10-25(3)17(22-2)23-9-13-5-7-14(8-6-13)18(19,20)21/h5-8,11-12H,9-10H2,1-4H3,(H,22,23). The van der Waals surface area contributed by atoms with Crippen molar-refractivity contribution in [3.8, 4) is 0 Å². The Morgan fingerprint density at radius 3 is 2.56 bits per heavy atom. The van der Waals surface area contributed by atoms with Crippen molar-refractivity contribution in [3.05, 3.63) is 51.5 Å². The zero-order chi connectivity index (χ0) is 20.0. The molecule has 0 saturated carbocycles. The summed E-state index contributed by atoms with van der Waals surface area (Å²) in [7, 11) is 5.18. The van der Waals surface area contributed by atoms with Crippen molar-refractivity contribution in [2.45, 2.75) is 32.3 Å². The molecule has 0 aliphatic heterocycles. The minimum Gasteiger partial charge on any atom is -0.375 e. The van der Waals surface area contributed by atoms with E-state index >= 15 is 0 Å². The molecule has 1 heterocycles. The molecule has 5 nitrogen and oxygen atoms in total. The number of aliphatic imine (C=N–C) groups is 1. The van der Waals surface area contributed by atoms with Crippen LogP contribution in [0.1, 0.15) is 34.9 Å². The van der Waals surface area contributed by atoms with Crippen molar-refractivity contribution >= 4 is 17.3 Å². The van der Waals surface area contributed by atoms with Crippen LogP contribution in [0, 0.1) is 0 Å². The normalized spacial score (nSPS) is 13.5. The Bertz CT molecular complexity index is 759. The first kappa shape index (κ1) is 21.2. The van der Waals surface area contributed by atoms with E-state index in [2.05, 4.69) is 15.3 Å². The second kappa shape index (κ2) is 9.18. The first-order chi connectivity index (χ1) is 12.7. The minimum absolute atomic E-state index is 0.0498. The molecule has 0 bridgehead atoms. The molecular formula is C18H23F3N4OS. The van der Waals surface area contributed by atoms with Gasteiger partial charge in [-0.1, -0.05) is 12.1 Å². The molecule has 1 aromatic heterocycles. The van der Waals surface area contributed by atoms with Gasteiger partial charge >= 0.3 is 6.18 Å². The second-order valence-electron chi connectivity index (χ2n) is 6.01. The fraction of sp³-hybridized carbons (Fsp3) is 0.444. The van der Waals surface area contributed by atoms with E-state index in [-0.39, 0.29) is 6.10 Å². The highest BCUT2D eigenvalue weighted by Crippen LogP contribution is 2.29. The lowest BCUT2D eigenvalue weighted by Gasteiger charge is -2.21. The molecule has 1 aromatic carbocycles. The molecule has 1 unspecified atom stereocenters. The van der Waals surface area contributed by atoms with Gasteiger partial charge in [-0.2, -0.15) is 13.2 Å². The monoisotopic (exact) mass is 400 g/mol. The molecule has 0 aliphatic carbocycles. The summed E-state index contributed by atoms with van der Waals surface area (Å²) in [6.07, 6.45) is -4.37. The van der Waals surface area contributed by atoms with E-state index in [0.717, 1.165) is 28.4 Å². The first-order valence-electron chi connectivity index (χ1n) is 8.29. The van der Waals surface area contributed by atoms with Crippen LogP contribution in [0.4, 0.5) is 13.2 Å². The number of nitrogens with zero attached hydrogens (tertiary/aromatic N) is 3. The zero-order valence-electron chi connectivity index (χ0n) is 15.7. The van der Waals surface area contributed by atoms with E-state index in [4.69, 9.17) is 4.74 Å². The maximum Gasteiger partial charge on any atom is 0.416 e. The molecule has 0 aliphatic rings. The largest absolute Gasteiger partial charge is 0.416 e. The van der Waals surface area contributed by atoms with Crippen LogP contribution in [0.25, 0.3) is 0 Å². The Balaban J connectivity index is 1.93. The molecule has 27 heavy (non-hydrogen) atoms. The SMILES string of the molecule is CN=C(NCc1ccc(C(F)(F)F)cc1)N(C)Cc1csc(C(C)OC)n1. The number of guanidine groups is 1. The van der Waals surface area contributed by atoms with E-state index in [1.165, 1.54) is 12.1 Å². The van der Waals surface area contributed by atoms with Crippen molar-refractivity contribution in [2.24, 2.45) is 4.99 Å². The van der Waals surface area contributed by atoms with Gasteiger partial charge < -0.3 is 15.0 Å². The quantitative estimate of drug-likeness (QED) is 0.587. The van der Waals surface area contributed by atoms with Gasteiger partial charge in [0.1, 0.15) is 11.1 Å². The average molecular weight is 400 g/mol. The van der Waals surface area contributed by atoms with Gasteiger partial charge in [0, 0.05) is 33.1 Å². The van der Waals surface area contributed by atoms with E-state index in [1.807, 2.05) is 24.3 Å². The highest BCUT2D eigenvalue weighted by atomic mass is 32.1. The number of benzene rings is 1. The molecule has 0 amide bonds. The third-order valence-corrected chi connectivity index (χ3v) is 5.03. The van der Waals surface area contributed by atoms with Crippen molar-refractivity contribution < 1.29 is 17.9 Å². The lowest BCUT2D eigenvalue weighted by molar-refractivity contribution is -0.137. The fourth-order valence-electron chi connectivity index (χ4n) is 2.38. The number of methoxy groups -OCH3 is 1. The smallest absolute Gasteiger partial charge is 0.375 e. The van der Waals surface area contributed by atoms with E-state index in [0.29, 0.717) is 19.0 Å². The first-order valence-corrected chi connectivity index (χ1v) is 9.17. The van der Waals surface area contributed by atoms with Gasteiger partial charge in [0.25, 0.3) is 0 Å². The number of alkyl halides is 3. The summed E-state index contributed by atoms with van der Waals surface area (Å²) in [5, 5.41) is 6.04.